The van der Waals surface area contributed by atoms with Gasteiger partial charge in [0.1, 0.15) is 12.2 Å². The average molecular weight is 290 g/mol. The molecule has 1 aromatic heterocycles. The van der Waals surface area contributed by atoms with Crippen LogP contribution < -0.4 is 0 Å². The van der Waals surface area contributed by atoms with E-state index in [1.807, 2.05) is 28.9 Å². The maximum atomic E-state index is 6.23. The summed E-state index contributed by atoms with van der Waals surface area (Å²) < 4.78 is 7.90. The molecule has 0 unspecified atom stereocenters. The minimum Gasteiger partial charge on any atom is -0.374 e. The molecule has 0 saturated carbocycles. The Bertz CT molecular complexity index is 627. The molecule has 3 atom stereocenters. The molecule has 2 aliphatic heterocycles. The van der Waals surface area contributed by atoms with Gasteiger partial charge in [0.2, 0.25) is 0 Å². The van der Waals surface area contributed by atoms with Gasteiger partial charge in [-0.2, -0.15) is 5.10 Å². The first kappa shape index (κ1) is 12.4. The van der Waals surface area contributed by atoms with Gasteiger partial charge in [0.25, 0.3) is 0 Å². The summed E-state index contributed by atoms with van der Waals surface area (Å²) in [6, 6.07) is 7.88. The first-order valence-electron chi connectivity index (χ1n) is 7.08. The smallest absolute Gasteiger partial charge is 0.138 e. The predicted octanol–water partition coefficient (Wildman–Crippen LogP) is 3.01. The van der Waals surface area contributed by atoms with Crippen molar-refractivity contribution in [1.82, 2.24) is 14.8 Å². The summed E-state index contributed by atoms with van der Waals surface area (Å²) in [7, 11) is 0. The summed E-state index contributed by atoms with van der Waals surface area (Å²) in [5.41, 5.74) is 1.07. The number of halogens is 1. The van der Waals surface area contributed by atoms with E-state index >= 15 is 0 Å². The maximum absolute atomic E-state index is 6.23. The molecule has 0 radical (unpaired) electrons. The van der Waals surface area contributed by atoms with E-state index in [4.69, 9.17) is 16.3 Å². The van der Waals surface area contributed by atoms with Crippen molar-refractivity contribution in [1.29, 1.82) is 0 Å². The monoisotopic (exact) mass is 289 g/mol. The lowest BCUT2D eigenvalue weighted by Crippen LogP contribution is -2.20. The molecule has 0 spiro atoms. The number of rotatable bonds is 3. The molecule has 5 heteroatoms. The number of nitrogens with zero attached hydrogens (tertiary/aromatic N) is 3. The number of fused-ring (bicyclic) bond motifs is 2. The van der Waals surface area contributed by atoms with E-state index in [1.165, 1.54) is 6.42 Å². The van der Waals surface area contributed by atoms with Crippen molar-refractivity contribution in [3.63, 3.8) is 0 Å². The largest absolute Gasteiger partial charge is 0.374 e. The topological polar surface area (TPSA) is 39.9 Å². The molecular formula is C15H16ClN3O. The third-order valence-corrected chi connectivity index (χ3v) is 4.73. The second-order valence-electron chi connectivity index (χ2n) is 5.58. The number of aromatic nitrogens is 3. The van der Waals surface area contributed by atoms with Gasteiger partial charge in [-0.25, -0.2) is 9.67 Å². The van der Waals surface area contributed by atoms with Crippen LogP contribution >= 0.6 is 11.6 Å². The van der Waals surface area contributed by atoms with Gasteiger partial charge < -0.3 is 4.74 Å². The Morgan fingerprint density at radius 3 is 2.95 bits per heavy atom. The maximum Gasteiger partial charge on any atom is 0.138 e. The Balaban J connectivity index is 1.61. The fourth-order valence-corrected chi connectivity index (χ4v) is 3.58. The van der Waals surface area contributed by atoms with E-state index in [9.17, 15) is 0 Å². The van der Waals surface area contributed by atoms with Crippen molar-refractivity contribution in [3.8, 4) is 0 Å². The van der Waals surface area contributed by atoms with E-state index in [1.54, 1.807) is 6.33 Å². The molecule has 0 amide bonds. The first-order valence-corrected chi connectivity index (χ1v) is 7.45. The Hall–Kier alpha value is -1.39. The zero-order chi connectivity index (χ0) is 13.5. The van der Waals surface area contributed by atoms with E-state index in [0.717, 1.165) is 29.3 Å². The fraction of sp³-hybridized carbons (Fsp3) is 0.467. The van der Waals surface area contributed by atoms with Crippen molar-refractivity contribution in [2.45, 2.75) is 43.9 Å². The normalized spacial score (nSPS) is 28.1. The van der Waals surface area contributed by atoms with Gasteiger partial charge in [-0.05, 0) is 30.9 Å². The summed E-state index contributed by atoms with van der Waals surface area (Å²) in [5.74, 6) is 1.43. The molecular weight excluding hydrogens is 274 g/mol. The molecule has 2 aliphatic rings. The Kier molecular flexibility index (Phi) is 3.00. The molecule has 20 heavy (non-hydrogen) atoms. The van der Waals surface area contributed by atoms with Crippen LogP contribution in [0.25, 0.3) is 0 Å². The van der Waals surface area contributed by atoms with Gasteiger partial charge in [0.15, 0.2) is 0 Å². The number of ether oxygens (including phenoxy) is 1. The third-order valence-electron chi connectivity index (χ3n) is 4.36. The fourth-order valence-electron chi connectivity index (χ4n) is 3.38. The van der Waals surface area contributed by atoms with Crippen LogP contribution in [0.15, 0.2) is 30.6 Å². The van der Waals surface area contributed by atoms with Crippen LogP contribution in [0.3, 0.4) is 0 Å². The molecule has 4 rings (SSSR count). The Morgan fingerprint density at radius 1 is 1.30 bits per heavy atom. The highest BCUT2D eigenvalue weighted by Crippen LogP contribution is 2.43. The van der Waals surface area contributed by atoms with Gasteiger partial charge >= 0.3 is 0 Å². The lowest BCUT2D eigenvalue weighted by Gasteiger charge is -2.18. The number of hydrogen-bond acceptors (Lipinski definition) is 3. The quantitative estimate of drug-likeness (QED) is 0.872. The molecule has 2 aromatic rings. The van der Waals surface area contributed by atoms with Gasteiger partial charge in [-0.15, -0.1) is 0 Å². The molecule has 0 aliphatic carbocycles. The van der Waals surface area contributed by atoms with Gasteiger partial charge in [0.05, 0.1) is 18.8 Å². The average Bonchev–Trinajstić information content (AvgIpc) is 3.16. The second kappa shape index (κ2) is 4.86. The zero-order valence-corrected chi connectivity index (χ0v) is 11.8. The SMILES string of the molecule is Clc1ccccc1Cn1ncnc1[C@H]1C[C@@H]2CC[C@H]1O2. The van der Waals surface area contributed by atoms with Crippen LogP contribution in [0.2, 0.25) is 5.02 Å². The molecule has 4 nitrogen and oxygen atoms in total. The molecule has 3 heterocycles. The van der Waals surface area contributed by atoms with Crippen LogP contribution in [-0.2, 0) is 11.3 Å². The van der Waals surface area contributed by atoms with Crippen molar-refractivity contribution in [2.24, 2.45) is 0 Å². The molecule has 1 aromatic carbocycles. The summed E-state index contributed by atoms with van der Waals surface area (Å²) in [5, 5.41) is 5.15. The van der Waals surface area contributed by atoms with E-state index in [0.29, 0.717) is 24.7 Å². The lowest BCUT2D eigenvalue weighted by molar-refractivity contribution is 0.0995. The molecule has 104 valence electrons. The molecule has 2 fully saturated rings. The minimum absolute atomic E-state index is 0.328. The number of benzene rings is 1. The van der Waals surface area contributed by atoms with Crippen molar-refractivity contribution in [2.75, 3.05) is 0 Å². The summed E-state index contributed by atoms with van der Waals surface area (Å²) >= 11 is 6.23. The summed E-state index contributed by atoms with van der Waals surface area (Å²) in [4.78, 5) is 4.47. The summed E-state index contributed by atoms with van der Waals surface area (Å²) in [6.07, 6.45) is 5.81. The first-order chi connectivity index (χ1) is 9.81. The Morgan fingerprint density at radius 2 is 2.20 bits per heavy atom. The van der Waals surface area contributed by atoms with Crippen LogP contribution in [0.5, 0.6) is 0 Å². The molecule has 0 N–H and O–H groups in total. The number of hydrogen-bond donors (Lipinski definition) is 0. The van der Waals surface area contributed by atoms with Crippen LogP contribution in [-0.4, -0.2) is 27.0 Å². The van der Waals surface area contributed by atoms with Gasteiger partial charge in [0, 0.05) is 10.9 Å². The Labute approximate surface area is 122 Å². The van der Waals surface area contributed by atoms with Crippen molar-refractivity contribution >= 4 is 11.6 Å². The highest BCUT2D eigenvalue weighted by Gasteiger charge is 2.43. The third kappa shape index (κ3) is 2.03. The molecule has 2 saturated heterocycles. The van der Waals surface area contributed by atoms with E-state index in [-0.39, 0.29) is 0 Å². The highest BCUT2D eigenvalue weighted by atomic mass is 35.5. The minimum atomic E-state index is 0.328. The zero-order valence-electron chi connectivity index (χ0n) is 11.1. The lowest BCUT2D eigenvalue weighted by atomic mass is 9.88. The highest BCUT2D eigenvalue weighted by molar-refractivity contribution is 6.31. The van der Waals surface area contributed by atoms with Gasteiger partial charge in [-0.3, -0.25) is 0 Å². The van der Waals surface area contributed by atoms with Crippen LogP contribution in [0, 0.1) is 0 Å². The molecule has 2 bridgehead atoms. The summed E-state index contributed by atoms with van der Waals surface area (Å²) in [6.45, 7) is 0.670. The van der Waals surface area contributed by atoms with Gasteiger partial charge in [-0.1, -0.05) is 29.8 Å². The van der Waals surface area contributed by atoms with Crippen molar-refractivity contribution in [3.05, 3.63) is 47.0 Å². The predicted molar refractivity (Wildman–Crippen MR) is 75.8 cm³/mol. The standard InChI is InChI=1S/C15H16ClN3O/c16-13-4-2-1-3-10(13)8-19-15(17-9-18-19)12-7-11-5-6-14(12)20-11/h1-4,9,11-12,14H,5-8H2/t11-,12-,14+/m0/s1. The second-order valence-corrected chi connectivity index (χ2v) is 5.99. The van der Waals surface area contributed by atoms with Crippen molar-refractivity contribution < 1.29 is 4.74 Å². The van der Waals surface area contributed by atoms with Crippen LogP contribution in [0.1, 0.15) is 36.6 Å². The van der Waals surface area contributed by atoms with E-state index < -0.39 is 0 Å². The van der Waals surface area contributed by atoms with E-state index in [2.05, 4.69) is 10.1 Å². The van der Waals surface area contributed by atoms with Crippen LogP contribution in [0.4, 0.5) is 0 Å².